The smallest absolute Gasteiger partial charge is 0.141 e. The van der Waals surface area contributed by atoms with E-state index in [1.165, 1.54) is 0 Å². The van der Waals surface area contributed by atoms with Gasteiger partial charge >= 0.3 is 0 Å². The van der Waals surface area contributed by atoms with Gasteiger partial charge in [-0.1, -0.05) is 31.5 Å². The molecule has 2 nitrogen and oxygen atoms in total. The molecule has 0 atom stereocenters. The second-order valence-corrected chi connectivity index (χ2v) is 5.15. The lowest BCUT2D eigenvalue weighted by Gasteiger charge is -2.28. The molecule has 0 unspecified atom stereocenters. The topological polar surface area (TPSA) is 29.5 Å². The third-order valence-corrected chi connectivity index (χ3v) is 3.35. The van der Waals surface area contributed by atoms with Crippen LogP contribution in [0.1, 0.15) is 30.5 Å². The van der Waals surface area contributed by atoms with Crippen LogP contribution in [-0.4, -0.2) is 18.8 Å². The largest absolute Gasteiger partial charge is 0.495 e. The highest BCUT2D eigenvalue weighted by molar-refractivity contribution is 6.33. The van der Waals surface area contributed by atoms with E-state index < -0.39 is 0 Å². The third-order valence-electron chi connectivity index (χ3n) is 2.88. The number of halogens is 1. The molecule has 0 radical (unpaired) electrons. The summed E-state index contributed by atoms with van der Waals surface area (Å²) in [5.74, 6) is 0.679. The van der Waals surface area contributed by atoms with Gasteiger partial charge in [0.15, 0.2) is 0 Å². The van der Waals surface area contributed by atoms with Crippen LogP contribution >= 0.6 is 11.6 Å². The number of aliphatic hydroxyl groups is 1. The zero-order chi connectivity index (χ0) is 12.5. The first-order chi connectivity index (χ1) is 7.35. The highest BCUT2D eigenvalue weighted by Crippen LogP contribution is 2.40. The Balaban J connectivity index is 3.55. The van der Waals surface area contributed by atoms with Gasteiger partial charge in [0.25, 0.3) is 0 Å². The van der Waals surface area contributed by atoms with Gasteiger partial charge in [0.05, 0.1) is 18.7 Å². The fraction of sp³-hybridized carbons (Fsp3) is 0.538. The minimum atomic E-state index is -0.354. The second-order valence-electron chi connectivity index (χ2n) is 4.77. The van der Waals surface area contributed by atoms with Crippen molar-refractivity contribution in [2.75, 3.05) is 13.7 Å². The summed E-state index contributed by atoms with van der Waals surface area (Å²) < 4.78 is 5.38. The molecular weight excluding hydrogens is 224 g/mol. The molecule has 0 saturated carbocycles. The Morgan fingerprint density at radius 3 is 2.31 bits per heavy atom. The van der Waals surface area contributed by atoms with Gasteiger partial charge in [0, 0.05) is 11.0 Å². The molecule has 1 aromatic rings. The van der Waals surface area contributed by atoms with E-state index in [2.05, 4.69) is 0 Å². The number of aliphatic hydroxyl groups excluding tert-OH is 1. The van der Waals surface area contributed by atoms with Gasteiger partial charge in [-0.3, -0.25) is 0 Å². The van der Waals surface area contributed by atoms with Gasteiger partial charge in [-0.2, -0.15) is 0 Å². The molecule has 0 aliphatic heterocycles. The van der Waals surface area contributed by atoms with Crippen LogP contribution in [0.15, 0.2) is 6.07 Å². The van der Waals surface area contributed by atoms with E-state index in [1.807, 2.05) is 33.8 Å². The van der Waals surface area contributed by atoms with E-state index in [0.29, 0.717) is 10.8 Å². The van der Waals surface area contributed by atoms with Crippen molar-refractivity contribution in [3.05, 3.63) is 27.8 Å². The van der Waals surface area contributed by atoms with Crippen molar-refractivity contribution in [1.82, 2.24) is 0 Å². The summed E-state index contributed by atoms with van der Waals surface area (Å²) in [5.41, 5.74) is 2.71. The van der Waals surface area contributed by atoms with Crippen molar-refractivity contribution in [1.29, 1.82) is 0 Å². The Labute approximate surface area is 102 Å². The molecule has 0 aromatic heterocycles. The molecule has 0 saturated heterocycles. The Kier molecular flexibility index (Phi) is 3.87. The maximum Gasteiger partial charge on any atom is 0.141 e. The van der Waals surface area contributed by atoms with E-state index >= 15 is 0 Å². The molecule has 0 amide bonds. The van der Waals surface area contributed by atoms with Gasteiger partial charge < -0.3 is 9.84 Å². The minimum Gasteiger partial charge on any atom is -0.495 e. The molecular formula is C13H19ClO2. The maximum absolute atomic E-state index is 9.45. The molecule has 1 aromatic carbocycles. The number of hydrogen-bond acceptors (Lipinski definition) is 2. The third kappa shape index (κ3) is 2.18. The van der Waals surface area contributed by atoms with Gasteiger partial charge in [0.1, 0.15) is 5.75 Å². The first-order valence-electron chi connectivity index (χ1n) is 5.30. The van der Waals surface area contributed by atoms with Crippen molar-refractivity contribution in [2.24, 2.45) is 0 Å². The number of benzene rings is 1. The SMILES string of the molecule is COc1c(Cl)c(C)cc(C)c1C(C)(C)CO. The molecule has 0 spiro atoms. The van der Waals surface area contributed by atoms with Gasteiger partial charge in [-0.05, 0) is 25.0 Å². The van der Waals surface area contributed by atoms with Crippen molar-refractivity contribution in [3.63, 3.8) is 0 Å². The fourth-order valence-corrected chi connectivity index (χ4v) is 2.27. The van der Waals surface area contributed by atoms with Crippen LogP contribution in [0.3, 0.4) is 0 Å². The normalized spacial score (nSPS) is 11.7. The van der Waals surface area contributed by atoms with Crippen LogP contribution in [0.5, 0.6) is 5.75 Å². The summed E-state index contributed by atoms with van der Waals surface area (Å²) in [5, 5.41) is 10.1. The van der Waals surface area contributed by atoms with E-state index in [4.69, 9.17) is 16.3 Å². The highest BCUT2D eigenvalue weighted by atomic mass is 35.5. The molecule has 0 heterocycles. The van der Waals surface area contributed by atoms with Crippen LogP contribution in [-0.2, 0) is 5.41 Å². The summed E-state index contributed by atoms with van der Waals surface area (Å²) in [6.45, 7) is 7.97. The van der Waals surface area contributed by atoms with Gasteiger partial charge in [-0.15, -0.1) is 0 Å². The average Bonchev–Trinajstić information content (AvgIpc) is 2.22. The maximum atomic E-state index is 9.45. The van der Waals surface area contributed by atoms with Crippen molar-refractivity contribution >= 4 is 11.6 Å². The number of hydrogen-bond donors (Lipinski definition) is 1. The second kappa shape index (κ2) is 4.64. The van der Waals surface area contributed by atoms with Crippen molar-refractivity contribution in [3.8, 4) is 5.75 Å². The Morgan fingerprint density at radius 1 is 1.31 bits per heavy atom. The summed E-state index contributed by atoms with van der Waals surface area (Å²) in [4.78, 5) is 0. The van der Waals surface area contributed by atoms with Crippen LogP contribution in [0.25, 0.3) is 0 Å². The lowest BCUT2D eigenvalue weighted by Crippen LogP contribution is -2.24. The monoisotopic (exact) mass is 242 g/mol. The highest BCUT2D eigenvalue weighted by Gasteiger charge is 2.27. The number of methoxy groups -OCH3 is 1. The van der Waals surface area contributed by atoms with Crippen LogP contribution < -0.4 is 4.74 Å². The summed E-state index contributed by atoms with van der Waals surface area (Å²) in [7, 11) is 1.61. The van der Waals surface area contributed by atoms with E-state index in [-0.39, 0.29) is 12.0 Å². The predicted octanol–water partition coefficient (Wildman–Crippen LogP) is 3.24. The molecule has 0 fully saturated rings. The molecule has 1 N–H and O–H groups in total. The molecule has 0 aliphatic carbocycles. The Bertz CT molecular complexity index is 397. The fourth-order valence-electron chi connectivity index (χ4n) is 2.04. The van der Waals surface area contributed by atoms with Gasteiger partial charge in [-0.25, -0.2) is 0 Å². The number of ether oxygens (including phenoxy) is 1. The minimum absolute atomic E-state index is 0.0591. The first-order valence-corrected chi connectivity index (χ1v) is 5.68. The van der Waals surface area contributed by atoms with E-state index in [1.54, 1.807) is 7.11 Å². The Morgan fingerprint density at radius 2 is 1.88 bits per heavy atom. The molecule has 3 heteroatoms. The van der Waals surface area contributed by atoms with Crippen molar-refractivity contribution in [2.45, 2.75) is 33.1 Å². The lowest BCUT2D eigenvalue weighted by molar-refractivity contribution is 0.214. The van der Waals surface area contributed by atoms with Crippen LogP contribution in [0, 0.1) is 13.8 Å². The summed E-state index contributed by atoms with van der Waals surface area (Å²) >= 11 is 6.23. The average molecular weight is 243 g/mol. The molecule has 16 heavy (non-hydrogen) atoms. The lowest BCUT2D eigenvalue weighted by atomic mass is 9.81. The number of aryl methyl sites for hydroxylation is 2. The molecule has 0 aliphatic rings. The predicted molar refractivity (Wildman–Crippen MR) is 67.6 cm³/mol. The summed E-state index contributed by atoms with van der Waals surface area (Å²) in [6, 6.07) is 2.03. The zero-order valence-electron chi connectivity index (χ0n) is 10.5. The first kappa shape index (κ1) is 13.3. The molecule has 0 bridgehead atoms. The molecule has 1 rings (SSSR count). The van der Waals surface area contributed by atoms with E-state index in [0.717, 1.165) is 16.7 Å². The zero-order valence-corrected chi connectivity index (χ0v) is 11.3. The van der Waals surface area contributed by atoms with Crippen molar-refractivity contribution < 1.29 is 9.84 Å². The number of rotatable bonds is 3. The van der Waals surface area contributed by atoms with Gasteiger partial charge in [0.2, 0.25) is 0 Å². The van der Waals surface area contributed by atoms with Crippen LogP contribution in [0.4, 0.5) is 0 Å². The Hall–Kier alpha value is -0.730. The summed E-state index contributed by atoms with van der Waals surface area (Å²) in [6.07, 6.45) is 0. The standard InChI is InChI=1S/C13H19ClO2/c1-8-6-9(2)11(14)12(16-5)10(8)13(3,4)7-15/h6,15H,7H2,1-5H3. The quantitative estimate of drug-likeness (QED) is 0.882. The molecule has 90 valence electrons. The van der Waals surface area contributed by atoms with Crippen LogP contribution in [0.2, 0.25) is 5.02 Å². The van der Waals surface area contributed by atoms with E-state index in [9.17, 15) is 5.11 Å².